The average Bonchev–Trinajstić information content (AvgIpc) is 3.09. The van der Waals surface area contributed by atoms with E-state index in [1.807, 2.05) is 6.92 Å². The van der Waals surface area contributed by atoms with E-state index < -0.39 is 12.6 Å². The van der Waals surface area contributed by atoms with E-state index in [0.717, 1.165) is 0 Å². The molecule has 1 aromatic rings. The van der Waals surface area contributed by atoms with Gasteiger partial charge in [0.25, 0.3) is 0 Å². The van der Waals surface area contributed by atoms with Crippen LogP contribution in [0.3, 0.4) is 0 Å². The summed E-state index contributed by atoms with van der Waals surface area (Å²) in [5.74, 6) is 1.07. The molecular formula is C12H16F3N3. The fraction of sp³-hybridized carbons (Fsp3) is 0.667. The first-order valence-corrected chi connectivity index (χ1v) is 6.09. The minimum absolute atomic E-state index is 0.0987. The van der Waals surface area contributed by atoms with Crippen LogP contribution in [0.4, 0.5) is 19.1 Å². The lowest BCUT2D eigenvalue weighted by molar-refractivity contribution is -0.134. The molecule has 1 aliphatic carbocycles. The maximum atomic E-state index is 12.1. The largest absolute Gasteiger partial charge is 0.389 e. The van der Waals surface area contributed by atoms with Crippen molar-refractivity contribution in [3.8, 4) is 0 Å². The molecule has 0 aromatic carbocycles. The van der Waals surface area contributed by atoms with Gasteiger partial charge < -0.3 is 5.32 Å². The number of nitrogens with one attached hydrogen (secondary N) is 1. The Balaban J connectivity index is 1.92. The molecule has 0 aliphatic heterocycles. The van der Waals surface area contributed by atoms with Crippen LogP contribution in [0.2, 0.25) is 0 Å². The molecule has 1 heterocycles. The van der Waals surface area contributed by atoms with Gasteiger partial charge in [-0.25, -0.2) is 9.97 Å². The zero-order chi connectivity index (χ0) is 13.2. The van der Waals surface area contributed by atoms with E-state index in [9.17, 15) is 13.2 Å². The molecule has 1 saturated carbocycles. The van der Waals surface area contributed by atoms with Gasteiger partial charge in [-0.15, -0.1) is 0 Å². The van der Waals surface area contributed by atoms with Crippen molar-refractivity contribution in [3.05, 3.63) is 18.0 Å². The minimum Gasteiger partial charge on any atom is -0.351 e. The first-order valence-electron chi connectivity index (χ1n) is 6.09. The molecule has 1 N–H and O–H groups in total. The van der Waals surface area contributed by atoms with E-state index in [1.165, 1.54) is 25.1 Å². The fourth-order valence-electron chi connectivity index (χ4n) is 1.79. The van der Waals surface area contributed by atoms with E-state index in [4.69, 9.17) is 0 Å². The van der Waals surface area contributed by atoms with E-state index >= 15 is 0 Å². The molecule has 18 heavy (non-hydrogen) atoms. The van der Waals surface area contributed by atoms with Gasteiger partial charge in [-0.2, -0.15) is 13.2 Å². The quantitative estimate of drug-likeness (QED) is 0.882. The summed E-state index contributed by atoms with van der Waals surface area (Å²) in [4.78, 5) is 8.13. The van der Waals surface area contributed by atoms with E-state index in [2.05, 4.69) is 15.3 Å². The van der Waals surface area contributed by atoms with Gasteiger partial charge in [-0.1, -0.05) is 0 Å². The second kappa shape index (κ2) is 5.12. The molecule has 1 fully saturated rings. The minimum atomic E-state index is -4.14. The third kappa shape index (κ3) is 4.16. The van der Waals surface area contributed by atoms with Crippen LogP contribution in [-0.4, -0.2) is 22.2 Å². The van der Waals surface area contributed by atoms with Crippen molar-refractivity contribution in [2.24, 2.45) is 5.92 Å². The van der Waals surface area contributed by atoms with Crippen LogP contribution in [0, 0.1) is 5.92 Å². The predicted octanol–water partition coefficient (Wildman–Crippen LogP) is 3.18. The lowest BCUT2D eigenvalue weighted by Gasteiger charge is -2.13. The van der Waals surface area contributed by atoms with E-state index in [1.54, 1.807) is 0 Å². The molecule has 2 rings (SSSR count). The topological polar surface area (TPSA) is 37.8 Å². The van der Waals surface area contributed by atoms with Gasteiger partial charge in [0, 0.05) is 24.4 Å². The Hall–Kier alpha value is -1.33. The number of hydrogen-bond acceptors (Lipinski definition) is 3. The summed E-state index contributed by atoms with van der Waals surface area (Å²) in [6.45, 7) is 2.05. The number of nitrogens with zero attached hydrogens (tertiary/aromatic N) is 2. The first kappa shape index (κ1) is 13.1. The fourth-order valence-corrected chi connectivity index (χ4v) is 1.79. The zero-order valence-electron chi connectivity index (χ0n) is 10.2. The van der Waals surface area contributed by atoms with Crippen LogP contribution in [0.5, 0.6) is 0 Å². The van der Waals surface area contributed by atoms with Gasteiger partial charge in [-0.05, 0) is 38.2 Å². The van der Waals surface area contributed by atoms with Crippen LogP contribution in [0.25, 0.3) is 0 Å². The number of aromatic nitrogens is 2. The molecule has 1 unspecified atom stereocenters. The van der Waals surface area contributed by atoms with Gasteiger partial charge in [0.15, 0.2) is 0 Å². The maximum Gasteiger partial charge on any atom is 0.389 e. The molecule has 1 aromatic heterocycles. The molecule has 0 radical (unpaired) electrons. The number of rotatable bonds is 5. The van der Waals surface area contributed by atoms with Crippen LogP contribution < -0.4 is 5.32 Å². The summed E-state index contributed by atoms with van der Waals surface area (Å²) in [5, 5.41) is 3.14. The summed E-state index contributed by atoms with van der Waals surface area (Å²) in [6.07, 6.45) is -1.19. The SMILES string of the molecule is CC(Nc1nccc(CCC(F)(F)F)n1)C1CC1. The predicted molar refractivity (Wildman–Crippen MR) is 62.2 cm³/mol. The Morgan fingerprint density at radius 3 is 2.78 bits per heavy atom. The molecule has 0 saturated heterocycles. The Labute approximate surface area is 104 Å². The molecule has 6 heteroatoms. The van der Waals surface area contributed by atoms with Crippen molar-refractivity contribution in [3.63, 3.8) is 0 Å². The van der Waals surface area contributed by atoms with Gasteiger partial charge >= 0.3 is 6.18 Å². The summed E-state index contributed by atoms with van der Waals surface area (Å²) in [5.41, 5.74) is 0.424. The second-order valence-corrected chi connectivity index (χ2v) is 4.76. The van der Waals surface area contributed by atoms with Crippen LogP contribution >= 0.6 is 0 Å². The molecule has 1 aliphatic rings. The highest BCUT2D eigenvalue weighted by Gasteiger charge is 2.29. The lowest BCUT2D eigenvalue weighted by Crippen LogP contribution is -2.19. The van der Waals surface area contributed by atoms with E-state index in [-0.39, 0.29) is 12.5 Å². The summed E-state index contributed by atoms with van der Waals surface area (Å²) in [7, 11) is 0. The first-order chi connectivity index (χ1) is 8.44. The summed E-state index contributed by atoms with van der Waals surface area (Å²) >= 11 is 0. The van der Waals surface area contributed by atoms with Crippen molar-refractivity contribution in [1.29, 1.82) is 0 Å². The van der Waals surface area contributed by atoms with E-state index in [0.29, 0.717) is 17.6 Å². The normalized spacial score (nSPS) is 17.6. The Morgan fingerprint density at radius 1 is 1.44 bits per heavy atom. The van der Waals surface area contributed by atoms with Gasteiger partial charge in [0.2, 0.25) is 5.95 Å². The van der Waals surface area contributed by atoms with Crippen molar-refractivity contribution in [2.45, 2.75) is 44.8 Å². The van der Waals surface area contributed by atoms with Crippen molar-refractivity contribution < 1.29 is 13.2 Å². The third-order valence-corrected chi connectivity index (χ3v) is 3.06. The van der Waals surface area contributed by atoms with Crippen LogP contribution in [-0.2, 0) is 6.42 Å². The maximum absolute atomic E-state index is 12.1. The average molecular weight is 259 g/mol. The lowest BCUT2D eigenvalue weighted by atomic mass is 10.2. The van der Waals surface area contributed by atoms with Gasteiger partial charge in [0.1, 0.15) is 0 Å². The summed E-state index contributed by atoms with van der Waals surface area (Å²) < 4.78 is 36.3. The second-order valence-electron chi connectivity index (χ2n) is 4.76. The van der Waals surface area contributed by atoms with Crippen LogP contribution in [0.1, 0.15) is 31.9 Å². The monoisotopic (exact) mass is 259 g/mol. The van der Waals surface area contributed by atoms with Crippen molar-refractivity contribution in [2.75, 3.05) is 5.32 Å². The number of hydrogen-bond donors (Lipinski definition) is 1. The third-order valence-electron chi connectivity index (χ3n) is 3.06. The Kier molecular flexibility index (Phi) is 3.73. The van der Waals surface area contributed by atoms with Crippen molar-refractivity contribution >= 4 is 5.95 Å². The zero-order valence-corrected chi connectivity index (χ0v) is 10.2. The highest BCUT2D eigenvalue weighted by atomic mass is 19.4. The molecule has 0 amide bonds. The number of aryl methyl sites for hydroxylation is 1. The number of halogens is 3. The molecule has 1 atom stereocenters. The smallest absolute Gasteiger partial charge is 0.351 e. The molecule has 3 nitrogen and oxygen atoms in total. The van der Waals surface area contributed by atoms with Crippen LogP contribution in [0.15, 0.2) is 12.3 Å². The van der Waals surface area contributed by atoms with Gasteiger partial charge in [0.05, 0.1) is 0 Å². The van der Waals surface area contributed by atoms with Crippen molar-refractivity contribution in [1.82, 2.24) is 9.97 Å². The molecule has 0 spiro atoms. The van der Waals surface area contributed by atoms with Gasteiger partial charge in [-0.3, -0.25) is 0 Å². The summed E-state index contributed by atoms with van der Waals surface area (Å²) in [6, 6.07) is 1.81. The standard InChI is InChI=1S/C12H16F3N3/c1-8(9-2-3-9)17-11-16-7-5-10(18-11)4-6-12(13,14)15/h5,7-9H,2-4,6H2,1H3,(H,16,17,18). The highest BCUT2D eigenvalue weighted by molar-refractivity contribution is 5.27. The Morgan fingerprint density at radius 2 is 2.17 bits per heavy atom. The molecule has 0 bridgehead atoms. The molecular weight excluding hydrogens is 243 g/mol. The number of anilines is 1. The Bertz CT molecular complexity index is 402. The highest BCUT2D eigenvalue weighted by Crippen LogP contribution is 2.33. The number of alkyl halides is 3. The molecule has 100 valence electrons.